The molecule has 7 nitrogen and oxygen atoms in total. The van der Waals surface area contributed by atoms with E-state index in [4.69, 9.17) is 10.5 Å². The van der Waals surface area contributed by atoms with E-state index in [-0.39, 0.29) is 6.09 Å². The molecule has 0 unspecified atom stereocenters. The first-order chi connectivity index (χ1) is 14.1. The second-order valence-corrected chi connectivity index (χ2v) is 8.92. The summed E-state index contributed by atoms with van der Waals surface area (Å²) in [4.78, 5) is 28.9. The van der Waals surface area contributed by atoms with Crippen molar-refractivity contribution >= 4 is 17.7 Å². The summed E-state index contributed by atoms with van der Waals surface area (Å²) in [6, 6.07) is 9.81. The van der Waals surface area contributed by atoms with E-state index in [1.165, 1.54) is 0 Å². The minimum absolute atomic E-state index is 0.230. The molecule has 0 atom stereocenters. The zero-order chi connectivity index (χ0) is 21.9. The number of hydrogen-bond acceptors (Lipinski definition) is 4. The number of amides is 2. The van der Waals surface area contributed by atoms with Gasteiger partial charge in [-0.05, 0) is 58.6 Å². The first kappa shape index (κ1) is 21.7. The van der Waals surface area contributed by atoms with Crippen LogP contribution in [0.15, 0.2) is 30.3 Å². The largest absolute Gasteiger partial charge is 0.444 e. The van der Waals surface area contributed by atoms with Crippen LogP contribution in [-0.2, 0) is 4.74 Å². The Bertz CT molecular complexity index is 905. The molecule has 1 aromatic carbocycles. The van der Waals surface area contributed by atoms with Gasteiger partial charge in [0.05, 0.1) is 5.56 Å². The van der Waals surface area contributed by atoms with Gasteiger partial charge in [-0.15, -0.1) is 0 Å². The molecule has 1 saturated heterocycles. The Hall–Kier alpha value is -2.96. The molecule has 0 spiro atoms. The Morgan fingerprint density at radius 1 is 1.23 bits per heavy atom. The van der Waals surface area contributed by atoms with E-state index in [9.17, 15) is 9.59 Å². The van der Waals surface area contributed by atoms with Gasteiger partial charge in [-0.2, -0.15) is 0 Å². The van der Waals surface area contributed by atoms with Gasteiger partial charge in [-0.25, -0.2) is 4.79 Å². The number of rotatable bonds is 5. The molecule has 2 aromatic rings. The molecule has 1 aliphatic heterocycles. The van der Waals surface area contributed by atoms with Gasteiger partial charge < -0.3 is 25.7 Å². The van der Waals surface area contributed by atoms with Crippen molar-refractivity contribution < 1.29 is 14.3 Å². The Labute approximate surface area is 178 Å². The number of nitrogens with two attached hydrogens (primary N) is 1. The predicted molar refractivity (Wildman–Crippen MR) is 119 cm³/mol. The van der Waals surface area contributed by atoms with Crippen LogP contribution in [0.1, 0.15) is 49.7 Å². The summed E-state index contributed by atoms with van der Waals surface area (Å²) in [5.41, 5.74) is 9.13. The van der Waals surface area contributed by atoms with E-state index in [1.807, 2.05) is 52.0 Å². The number of ether oxygens (including phenoxy) is 1. The van der Waals surface area contributed by atoms with Crippen LogP contribution in [0.25, 0.3) is 11.3 Å². The number of para-hydroxylation sites is 1. The summed E-state index contributed by atoms with van der Waals surface area (Å²) in [5, 5.41) is 3.55. The minimum Gasteiger partial charge on any atom is -0.444 e. The van der Waals surface area contributed by atoms with E-state index in [0.717, 1.165) is 42.0 Å². The van der Waals surface area contributed by atoms with E-state index < -0.39 is 11.5 Å². The molecule has 3 rings (SSSR count). The summed E-state index contributed by atoms with van der Waals surface area (Å²) in [6.07, 6.45) is 1.63. The van der Waals surface area contributed by atoms with Gasteiger partial charge in [0.15, 0.2) is 0 Å². The summed E-state index contributed by atoms with van der Waals surface area (Å²) in [5.74, 6) is 0.0421. The molecule has 4 N–H and O–H groups in total. The fraction of sp³-hybridized carbons (Fsp3) is 0.478. The lowest BCUT2D eigenvalue weighted by molar-refractivity contribution is 0.0188. The zero-order valence-corrected chi connectivity index (χ0v) is 18.2. The SMILES string of the molecule is Cc1[nH]c(-c2ccccc2NCC2CCN(C(=O)OC(C)(C)C)CC2)cc1C(N)=O. The molecule has 7 heteroatoms. The number of aromatic amines is 1. The van der Waals surface area contributed by atoms with Gasteiger partial charge in [-0.3, -0.25) is 4.79 Å². The highest BCUT2D eigenvalue weighted by molar-refractivity contribution is 5.96. The number of H-pyrrole nitrogens is 1. The quantitative estimate of drug-likeness (QED) is 0.687. The van der Waals surface area contributed by atoms with E-state index in [0.29, 0.717) is 24.6 Å². The third-order valence-corrected chi connectivity index (χ3v) is 5.34. The third kappa shape index (κ3) is 5.34. The number of piperidine rings is 1. The molecule has 1 aromatic heterocycles. The Morgan fingerprint density at radius 3 is 2.50 bits per heavy atom. The number of benzene rings is 1. The fourth-order valence-electron chi connectivity index (χ4n) is 3.73. The number of nitrogens with one attached hydrogen (secondary N) is 2. The number of primary amides is 1. The number of likely N-dealkylation sites (tertiary alicyclic amines) is 1. The van der Waals surface area contributed by atoms with Crippen LogP contribution < -0.4 is 11.1 Å². The van der Waals surface area contributed by atoms with E-state index >= 15 is 0 Å². The van der Waals surface area contributed by atoms with Crippen molar-refractivity contribution in [1.29, 1.82) is 0 Å². The standard InChI is InChI=1S/C23H32N4O3/c1-15-18(21(24)28)13-20(26-15)17-7-5-6-8-19(17)25-14-16-9-11-27(12-10-16)22(29)30-23(2,3)4/h5-8,13,16,25-26H,9-12,14H2,1-4H3,(H2,24,28). The minimum atomic E-state index is -0.469. The van der Waals surface area contributed by atoms with Crippen molar-refractivity contribution in [3.05, 3.63) is 41.6 Å². The Morgan fingerprint density at radius 2 is 1.90 bits per heavy atom. The smallest absolute Gasteiger partial charge is 0.410 e. The maximum absolute atomic E-state index is 12.2. The van der Waals surface area contributed by atoms with E-state index in [2.05, 4.69) is 10.3 Å². The highest BCUT2D eigenvalue weighted by atomic mass is 16.6. The molecule has 0 bridgehead atoms. The Kier molecular flexibility index (Phi) is 6.39. The number of hydrogen-bond donors (Lipinski definition) is 3. The van der Waals surface area contributed by atoms with Gasteiger partial charge in [-0.1, -0.05) is 18.2 Å². The summed E-state index contributed by atoms with van der Waals surface area (Å²) in [7, 11) is 0. The van der Waals surface area contributed by atoms with Crippen molar-refractivity contribution in [1.82, 2.24) is 9.88 Å². The predicted octanol–water partition coefficient (Wildman–Crippen LogP) is 4.15. The number of carbonyl (C=O) groups excluding carboxylic acids is 2. The molecule has 1 fully saturated rings. The molecule has 2 amide bonds. The van der Waals surface area contributed by atoms with Crippen molar-refractivity contribution in [2.45, 2.75) is 46.1 Å². The molecular formula is C23H32N4O3. The number of anilines is 1. The van der Waals surface area contributed by atoms with Gasteiger partial charge in [0.1, 0.15) is 5.60 Å². The molecule has 1 aliphatic rings. The van der Waals surface area contributed by atoms with Crippen LogP contribution >= 0.6 is 0 Å². The molecular weight excluding hydrogens is 380 g/mol. The topological polar surface area (TPSA) is 100 Å². The lowest BCUT2D eigenvalue weighted by atomic mass is 9.96. The van der Waals surface area contributed by atoms with Crippen LogP contribution in [0.3, 0.4) is 0 Å². The van der Waals surface area contributed by atoms with Crippen LogP contribution in [0.2, 0.25) is 0 Å². The number of nitrogens with zero attached hydrogens (tertiary/aromatic N) is 1. The number of aromatic nitrogens is 1. The average Bonchev–Trinajstić information content (AvgIpc) is 3.07. The summed E-state index contributed by atoms with van der Waals surface area (Å²) >= 11 is 0. The third-order valence-electron chi connectivity index (χ3n) is 5.34. The fourth-order valence-corrected chi connectivity index (χ4v) is 3.73. The lowest BCUT2D eigenvalue weighted by Gasteiger charge is -2.33. The van der Waals surface area contributed by atoms with Crippen molar-refractivity contribution in [3.8, 4) is 11.3 Å². The first-order valence-corrected chi connectivity index (χ1v) is 10.4. The highest BCUT2D eigenvalue weighted by Crippen LogP contribution is 2.29. The Balaban J connectivity index is 1.60. The molecule has 30 heavy (non-hydrogen) atoms. The van der Waals surface area contributed by atoms with Gasteiger partial charge >= 0.3 is 6.09 Å². The highest BCUT2D eigenvalue weighted by Gasteiger charge is 2.26. The van der Waals surface area contributed by atoms with Crippen LogP contribution in [-0.4, -0.2) is 47.1 Å². The first-order valence-electron chi connectivity index (χ1n) is 10.4. The normalized spacial score (nSPS) is 15.1. The number of aryl methyl sites for hydroxylation is 1. The molecule has 2 heterocycles. The van der Waals surface area contributed by atoms with Crippen molar-refractivity contribution in [2.75, 3.05) is 25.0 Å². The van der Waals surface area contributed by atoms with Crippen LogP contribution in [0.5, 0.6) is 0 Å². The van der Waals surface area contributed by atoms with Gasteiger partial charge in [0.2, 0.25) is 0 Å². The van der Waals surface area contributed by atoms with Crippen molar-refractivity contribution in [3.63, 3.8) is 0 Å². The maximum atomic E-state index is 12.2. The summed E-state index contributed by atoms with van der Waals surface area (Å²) < 4.78 is 5.47. The van der Waals surface area contributed by atoms with Crippen LogP contribution in [0.4, 0.5) is 10.5 Å². The second-order valence-electron chi connectivity index (χ2n) is 8.92. The zero-order valence-electron chi connectivity index (χ0n) is 18.2. The molecule has 0 radical (unpaired) electrons. The van der Waals surface area contributed by atoms with Gasteiger partial charge in [0.25, 0.3) is 5.91 Å². The van der Waals surface area contributed by atoms with Crippen molar-refractivity contribution in [2.24, 2.45) is 11.7 Å². The van der Waals surface area contributed by atoms with Crippen LogP contribution in [0, 0.1) is 12.8 Å². The number of carbonyl (C=O) groups is 2. The molecule has 0 aliphatic carbocycles. The second kappa shape index (κ2) is 8.81. The van der Waals surface area contributed by atoms with E-state index in [1.54, 1.807) is 11.0 Å². The molecule has 162 valence electrons. The summed E-state index contributed by atoms with van der Waals surface area (Å²) in [6.45, 7) is 9.74. The van der Waals surface area contributed by atoms with Gasteiger partial charge in [0, 0.05) is 42.3 Å². The maximum Gasteiger partial charge on any atom is 0.410 e. The average molecular weight is 413 g/mol. The monoisotopic (exact) mass is 412 g/mol. The molecule has 0 saturated carbocycles. The lowest BCUT2D eigenvalue weighted by Crippen LogP contribution is -2.42.